The Labute approximate surface area is 92.7 Å². The third kappa shape index (κ3) is 2.08. The maximum absolute atomic E-state index is 8.83. The summed E-state index contributed by atoms with van der Waals surface area (Å²) in [6.07, 6.45) is 0.475. The van der Waals surface area contributed by atoms with Crippen molar-refractivity contribution in [3.05, 3.63) is 34.7 Å². The van der Waals surface area contributed by atoms with Crippen LogP contribution in [0.25, 0.3) is 10.9 Å². The summed E-state index contributed by atoms with van der Waals surface area (Å²) in [5.41, 5.74) is 1.75. The normalized spacial score (nSPS) is 10.9. The van der Waals surface area contributed by atoms with Gasteiger partial charge in [-0.2, -0.15) is 0 Å². The summed E-state index contributed by atoms with van der Waals surface area (Å²) < 4.78 is 0. The zero-order chi connectivity index (χ0) is 10.8. The van der Waals surface area contributed by atoms with Gasteiger partial charge in [0, 0.05) is 22.5 Å². The molecule has 0 spiro atoms. The van der Waals surface area contributed by atoms with Crippen LogP contribution in [0.5, 0.6) is 0 Å². The zero-order valence-corrected chi connectivity index (χ0v) is 9.12. The van der Waals surface area contributed by atoms with E-state index < -0.39 is 0 Å². The maximum Gasteiger partial charge on any atom is 0.131 e. The summed E-state index contributed by atoms with van der Waals surface area (Å²) in [6.45, 7) is 1.99. The Bertz CT molecular complexity index is 499. The van der Waals surface area contributed by atoms with E-state index in [0.29, 0.717) is 17.3 Å². The van der Waals surface area contributed by atoms with Crippen LogP contribution in [0, 0.1) is 6.92 Å². The van der Waals surface area contributed by atoms with E-state index in [1.165, 1.54) is 0 Å². The highest BCUT2D eigenvalue weighted by molar-refractivity contribution is 6.31. The SMILES string of the molecule is Cc1nc(CCO)nc2cc(Cl)ccc12. The molecule has 0 aliphatic heterocycles. The smallest absolute Gasteiger partial charge is 0.131 e. The van der Waals surface area contributed by atoms with E-state index in [9.17, 15) is 0 Å². The van der Waals surface area contributed by atoms with Crippen LogP contribution in [0.1, 0.15) is 11.5 Å². The number of aliphatic hydroxyl groups is 1. The maximum atomic E-state index is 8.83. The van der Waals surface area contributed by atoms with E-state index in [2.05, 4.69) is 9.97 Å². The first-order valence-electron chi connectivity index (χ1n) is 4.74. The Hall–Kier alpha value is -1.19. The van der Waals surface area contributed by atoms with Crippen molar-refractivity contribution in [2.75, 3.05) is 6.61 Å². The highest BCUT2D eigenvalue weighted by Gasteiger charge is 2.04. The van der Waals surface area contributed by atoms with Gasteiger partial charge in [0.25, 0.3) is 0 Å². The minimum Gasteiger partial charge on any atom is -0.396 e. The number of aromatic nitrogens is 2. The van der Waals surface area contributed by atoms with Crippen LogP contribution < -0.4 is 0 Å². The fourth-order valence-electron chi connectivity index (χ4n) is 1.53. The van der Waals surface area contributed by atoms with Gasteiger partial charge in [-0.1, -0.05) is 11.6 Å². The highest BCUT2D eigenvalue weighted by atomic mass is 35.5. The second-order valence-electron chi connectivity index (χ2n) is 3.36. The van der Waals surface area contributed by atoms with Crippen molar-refractivity contribution in [2.45, 2.75) is 13.3 Å². The number of hydrogen-bond acceptors (Lipinski definition) is 3. The number of aryl methyl sites for hydroxylation is 1. The number of rotatable bonds is 2. The van der Waals surface area contributed by atoms with Crippen LogP contribution in [-0.2, 0) is 6.42 Å². The number of hydrogen-bond donors (Lipinski definition) is 1. The second kappa shape index (κ2) is 4.13. The number of halogens is 1. The van der Waals surface area contributed by atoms with Gasteiger partial charge in [0.05, 0.1) is 12.1 Å². The van der Waals surface area contributed by atoms with Gasteiger partial charge in [-0.05, 0) is 25.1 Å². The lowest BCUT2D eigenvalue weighted by molar-refractivity contribution is 0.296. The lowest BCUT2D eigenvalue weighted by atomic mass is 10.2. The molecule has 0 unspecified atom stereocenters. The van der Waals surface area contributed by atoms with Crippen LogP contribution in [0.2, 0.25) is 5.02 Å². The third-order valence-electron chi connectivity index (χ3n) is 2.23. The van der Waals surface area contributed by atoms with Crippen molar-refractivity contribution in [2.24, 2.45) is 0 Å². The van der Waals surface area contributed by atoms with Crippen molar-refractivity contribution in [1.29, 1.82) is 0 Å². The molecule has 3 nitrogen and oxygen atoms in total. The van der Waals surface area contributed by atoms with Gasteiger partial charge in [0.15, 0.2) is 0 Å². The molecule has 2 aromatic rings. The Morgan fingerprint density at radius 3 is 2.87 bits per heavy atom. The quantitative estimate of drug-likeness (QED) is 0.847. The molecule has 1 N–H and O–H groups in total. The molecule has 0 aliphatic carbocycles. The molecule has 4 heteroatoms. The minimum atomic E-state index is 0.0610. The summed E-state index contributed by atoms with van der Waals surface area (Å²) >= 11 is 5.89. The van der Waals surface area contributed by atoms with Crippen molar-refractivity contribution < 1.29 is 5.11 Å². The molecule has 0 aliphatic rings. The van der Waals surface area contributed by atoms with Crippen LogP contribution >= 0.6 is 11.6 Å². The van der Waals surface area contributed by atoms with E-state index in [4.69, 9.17) is 16.7 Å². The van der Waals surface area contributed by atoms with Gasteiger partial charge < -0.3 is 5.11 Å². The standard InChI is InChI=1S/C11H11ClN2O/c1-7-9-3-2-8(12)6-10(9)14-11(13-7)4-5-15/h2-3,6,15H,4-5H2,1H3. The predicted octanol–water partition coefficient (Wildman–Crippen LogP) is 2.13. The summed E-state index contributed by atoms with van der Waals surface area (Å²) in [5, 5.41) is 10.5. The fourth-order valence-corrected chi connectivity index (χ4v) is 1.70. The van der Waals surface area contributed by atoms with Crippen molar-refractivity contribution in [3.8, 4) is 0 Å². The number of fused-ring (bicyclic) bond motifs is 1. The van der Waals surface area contributed by atoms with Crippen molar-refractivity contribution in [1.82, 2.24) is 9.97 Å². The molecule has 0 bridgehead atoms. The van der Waals surface area contributed by atoms with Gasteiger partial charge in [-0.15, -0.1) is 0 Å². The van der Waals surface area contributed by atoms with E-state index in [1.807, 2.05) is 25.1 Å². The lowest BCUT2D eigenvalue weighted by Gasteiger charge is -2.04. The summed E-state index contributed by atoms with van der Waals surface area (Å²) in [6, 6.07) is 5.55. The zero-order valence-electron chi connectivity index (χ0n) is 8.37. The molecule has 1 heterocycles. The predicted molar refractivity (Wildman–Crippen MR) is 60.1 cm³/mol. The topological polar surface area (TPSA) is 46.0 Å². The van der Waals surface area contributed by atoms with Gasteiger partial charge >= 0.3 is 0 Å². The molecule has 1 aromatic heterocycles. The summed E-state index contributed by atoms with van der Waals surface area (Å²) in [7, 11) is 0. The Kier molecular flexibility index (Phi) is 2.84. The third-order valence-corrected chi connectivity index (χ3v) is 2.47. The molecule has 0 fully saturated rings. The molecule has 78 valence electrons. The van der Waals surface area contributed by atoms with Crippen LogP contribution in [0.15, 0.2) is 18.2 Å². The van der Waals surface area contributed by atoms with Gasteiger partial charge in [-0.3, -0.25) is 0 Å². The number of aliphatic hydroxyl groups excluding tert-OH is 1. The van der Waals surface area contributed by atoms with Crippen molar-refractivity contribution >= 4 is 22.5 Å². The number of benzene rings is 1. The lowest BCUT2D eigenvalue weighted by Crippen LogP contribution is -2.01. The number of nitrogens with zero attached hydrogens (tertiary/aromatic N) is 2. The molecule has 1 aromatic carbocycles. The second-order valence-corrected chi connectivity index (χ2v) is 3.80. The summed E-state index contributed by atoms with van der Waals surface area (Å²) in [5.74, 6) is 0.657. The van der Waals surface area contributed by atoms with Gasteiger partial charge in [0.1, 0.15) is 5.82 Å². The first kappa shape index (κ1) is 10.3. The van der Waals surface area contributed by atoms with Gasteiger partial charge in [0.2, 0.25) is 0 Å². The monoisotopic (exact) mass is 222 g/mol. The largest absolute Gasteiger partial charge is 0.396 e. The average molecular weight is 223 g/mol. The van der Waals surface area contributed by atoms with Gasteiger partial charge in [-0.25, -0.2) is 9.97 Å². The molecule has 0 saturated carbocycles. The van der Waals surface area contributed by atoms with Crippen LogP contribution in [0.4, 0.5) is 0 Å². The molecule has 0 amide bonds. The first-order valence-corrected chi connectivity index (χ1v) is 5.12. The van der Waals surface area contributed by atoms with E-state index >= 15 is 0 Å². The average Bonchev–Trinajstić information content (AvgIpc) is 2.17. The Morgan fingerprint density at radius 2 is 2.13 bits per heavy atom. The molecule has 0 saturated heterocycles. The molecular formula is C11H11ClN2O. The molecule has 0 atom stereocenters. The summed E-state index contributed by atoms with van der Waals surface area (Å²) in [4.78, 5) is 8.64. The Morgan fingerprint density at radius 1 is 1.33 bits per heavy atom. The Balaban J connectivity index is 2.63. The van der Waals surface area contributed by atoms with E-state index in [1.54, 1.807) is 0 Å². The first-order chi connectivity index (χ1) is 7.20. The molecular weight excluding hydrogens is 212 g/mol. The fraction of sp³-hybridized carbons (Fsp3) is 0.273. The van der Waals surface area contributed by atoms with Crippen molar-refractivity contribution in [3.63, 3.8) is 0 Å². The van der Waals surface area contributed by atoms with E-state index in [0.717, 1.165) is 16.6 Å². The molecule has 2 rings (SSSR count). The highest BCUT2D eigenvalue weighted by Crippen LogP contribution is 2.19. The molecule has 15 heavy (non-hydrogen) atoms. The van der Waals surface area contributed by atoms with E-state index in [-0.39, 0.29) is 6.61 Å². The van der Waals surface area contributed by atoms with Crippen LogP contribution in [-0.4, -0.2) is 21.7 Å². The minimum absolute atomic E-state index is 0.0610. The van der Waals surface area contributed by atoms with Crippen LogP contribution in [0.3, 0.4) is 0 Å². The molecule has 0 radical (unpaired) electrons.